The van der Waals surface area contributed by atoms with Crippen LogP contribution in [0, 0.1) is 32.8 Å². The van der Waals surface area contributed by atoms with Gasteiger partial charge in [-0.15, -0.1) is 0 Å². The Morgan fingerprint density at radius 2 is 1.82 bits per heavy atom. The summed E-state index contributed by atoms with van der Waals surface area (Å²) in [6.45, 7) is 0.303. The number of amides is 1. The second-order valence-corrected chi connectivity index (χ2v) is 5.27. The van der Waals surface area contributed by atoms with Crippen molar-refractivity contribution in [2.75, 3.05) is 23.4 Å². The molecule has 2 N–H and O–H groups in total. The van der Waals surface area contributed by atoms with Crippen molar-refractivity contribution in [3.8, 4) is 12.1 Å². The van der Waals surface area contributed by atoms with Gasteiger partial charge in [-0.3, -0.25) is 30.7 Å². The highest BCUT2D eigenvalue weighted by molar-refractivity contribution is 5.94. The number of hydrogen-bond acceptors (Lipinski definition) is 10. The Bertz CT molecular complexity index is 903. The summed E-state index contributed by atoms with van der Waals surface area (Å²) in [7, 11) is 0. The maximum Gasteiger partial charge on any atom is 0.355 e. The van der Waals surface area contributed by atoms with E-state index in [0.29, 0.717) is 5.56 Å². The summed E-state index contributed by atoms with van der Waals surface area (Å²) in [5.41, 5.74) is 4.58. The number of pyridine rings is 1. The molecule has 0 aromatic carbocycles. The quantitative estimate of drug-likeness (QED) is 0.474. The van der Waals surface area contributed by atoms with Crippen LogP contribution in [-0.4, -0.2) is 38.9 Å². The fraction of sp³-hybridized carbons (Fsp3) is 0.250. The van der Waals surface area contributed by atoms with Gasteiger partial charge in [0.2, 0.25) is 11.6 Å². The van der Waals surface area contributed by atoms with Crippen molar-refractivity contribution in [3.63, 3.8) is 0 Å². The molecule has 142 valence electrons. The van der Waals surface area contributed by atoms with Crippen molar-refractivity contribution >= 4 is 23.2 Å². The Morgan fingerprint density at radius 3 is 2.39 bits per heavy atom. The Balaban J connectivity index is 2.28. The first-order valence-corrected chi connectivity index (χ1v) is 8.03. The van der Waals surface area contributed by atoms with Gasteiger partial charge in [0, 0.05) is 31.0 Å². The lowest BCUT2D eigenvalue weighted by molar-refractivity contribution is -0.383. The number of nitriles is 2. The molecule has 28 heavy (non-hydrogen) atoms. The van der Waals surface area contributed by atoms with Crippen molar-refractivity contribution in [1.29, 1.82) is 10.5 Å². The number of carbonyl (C=O) groups is 1. The van der Waals surface area contributed by atoms with E-state index >= 15 is 0 Å². The smallest absolute Gasteiger partial charge is 0.349 e. The number of rotatable bonds is 9. The van der Waals surface area contributed by atoms with Crippen LogP contribution in [0.1, 0.15) is 23.2 Å². The first-order valence-electron chi connectivity index (χ1n) is 8.03. The summed E-state index contributed by atoms with van der Waals surface area (Å²) < 4.78 is 0. The van der Waals surface area contributed by atoms with E-state index in [2.05, 4.69) is 25.8 Å². The normalized spacial score (nSPS) is 9.64. The fourth-order valence-corrected chi connectivity index (χ4v) is 2.25. The molecule has 0 saturated carbocycles. The molecule has 0 fully saturated rings. The van der Waals surface area contributed by atoms with E-state index in [1.807, 2.05) is 12.1 Å². The Kier molecular flexibility index (Phi) is 7.13. The highest BCUT2D eigenvalue weighted by Gasteiger charge is 2.27. The molecule has 0 atom stereocenters. The Labute approximate surface area is 159 Å². The van der Waals surface area contributed by atoms with E-state index in [9.17, 15) is 14.9 Å². The standard InChI is InChI=1S/C16H15N9O3/c17-5-1-9-24(10-2-6-18)15-13(25(27)28)14(20-11-21-15)22-23-16(26)12-3-7-19-8-4-12/h3-4,7-8,11H,1-2,9-10H2,(H,23,26)(H,20,21,22). The molecule has 0 aliphatic heterocycles. The molecule has 0 bridgehead atoms. The van der Waals surface area contributed by atoms with Crippen LogP contribution in [0.15, 0.2) is 30.9 Å². The van der Waals surface area contributed by atoms with E-state index in [1.54, 1.807) is 0 Å². The van der Waals surface area contributed by atoms with E-state index in [4.69, 9.17) is 10.5 Å². The van der Waals surface area contributed by atoms with Crippen LogP contribution < -0.4 is 15.8 Å². The highest BCUT2D eigenvalue weighted by atomic mass is 16.6. The maximum absolute atomic E-state index is 12.1. The number of anilines is 2. The van der Waals surface area contributed by atoms with Gasteiger partial charge in [0.05, 0.1) is 29.9 Å². The first-order chi connectivity index (χ1) is 13.6. The molecule has 12 nitrogen and oxygen atoms in total. The van der Waals surface area contributed by atoms with E-state index < -0.39 is 16.5 Å². The third-order valence-corrected chi connectivity index (χ3v) is 3.51. The van der Waals surface area contributed by atoms with Crippen molar-refractivity contribution in [2.24, 2.45) is 0 Å². The van der Waals surface area contributed by atoms with Gasteiger partial charge in [0.25, 0.3) is 5.91 Å². The number of hydrogen-bond donors (Lipinski definition) is 2. The summed E-state index contributed by atoms with van der Waals surface area (Å²) in [6.07, 6.45) is 4.14. The minimum atomic E-state index is -0.692. The summed E-state index contributed by atoms with van der Waals surface area (Å²) in [5, 5.41) is 29.2. The molecular formula is C16H15N9O3. The molecule has 0 spiro atoms. The molecule has 0 radical (unpaired) electrons. The predicted molar refractivity (Wildman–Crippen MR) is 96.7 cm³/mol. The summed E-state index contributed by atoms with van der Waals surface area (Å²) in [6, 6.07) is 6.85. The summed E-state index contributed by atoms with van der Waals surface area (Å²) in [5.74, 6) is -0.815. The van der Waals surface area contributed by atoms with Gasteiger partial charge >= 0.3 is 5.69 Å². The molecular weight excluding hydrogens is 366 g/mol. The van der Waals surface area contributed by atoms with Gasteiger partial charge in [0.15, 0.2) is 0 Å². The van der Waals surface area contributed by atoms with Crippen LogP contribution >= 0.6 is 0 Å². The van der Waals surface area contributed by atoms with Crippen LogP contribution in [0.4, 0.5) is 17.3 Å². The van der Waals surface area contributed by atoms with E-state index in [-0.39, 0.29) is 37.6 Å². The monoisotopic (exact) mass is 381 g/mol. The molecule has 0 aliphatic carbocycles. The number of aromatic nitrogens is 3. The molecule has 0 aliphatic rings. The number of carbonyl (C=O) groups excluding carboxylic acids is 1. The summed E-state index contributed by atoms with van der Waals surface area (Å²) in [4.78, 5) is 36.1. The third-order valence-electron chi connectivity index (χ3n) is 3.51. The fourth-order valence-electron chi connectivity index (χ4n) is 2.25. The Hall–Kier alpha value is -4.32. The van der Waals surface area contributed by atoms with Crippen molar-refractivity contribution in [3.05, 3.63) is 46.5 Å². The SMILES string of the molecule is N#CCCN(CCC#N)c1ncnc(NNC(=O)c2ccncc2)c1[N+](=O)[O-]. The number of nitrogens with one attached hydrogen (secondary N) is 2. The molecule has 2 rings (SSSR count). The zero-order valence-corrected chi connectivity index (χ0v) is 14.6. The predicted octanol–water partition coefficient (Wildman–Crippen LogP) is 1.17. The van der Waals surface area contributed by atoms with Crippen LogP contribution in [0.2, 0.25) is 0 Å². The lowest BCUT2D eigenvalue weighted by Crippen LogP contribution is -2.31. The minimum Gasteiger partial charge on any atom is -0.349 e. The highest BCUT2D eigenvalue weighted by Crippen LogP contribution is 2.31. The largest absolute Gasteiger partial charge is 0.355 e. The van der Waals surface area contributed by atoms with Gasteiger partial charge in [-0.25, -0.2) is 9.97 Å². The average Bonchev–Trinajstić information content (AvgIpc) is 2.72. The molecule has 2 aromatic heterocycles. The lowest BCUT2D eigenvalue weighted by Gasteiger charge is -2.21. The number of hydrazine groups is 1. The van der Waals surface area contributed by atoms with E-state index in [1.165, 1.54) is 29.4 Å². The molecule has 2 aromatic rings. The van der Waals surface area contributed by atoms with Crippen LogP contribution in [0.5, 0.6) is 0 Å². The van der Waals surface area contributed by atoms with Crippen molar-refractivity contribution < 1.29 is 9.72 Å². The zero-order chi connectivity index (χ0) is 20.4. The molecule has 2 heterocycles. The topological polar surface area (TPSA) is 174 Å². The van der Waals surface area contributed by atoms with Gasteiger partial charge in [-0.1, -0.05) is 0 Å². The molecule has 0 saturated heterocycles. The van der Waals surface area contributed by atoms with Gasteiger partial charge in [-0.05, 0) is 12.1 Å². The van der Waals surface area contributed by atoms with E-state index in [0.717, 1.165) is 6.33 Å². The molecule has 0 unspecified atom stereocenters. The molecule has 12 heteroatoms. The van der Waals surface area contributed by atoms with Gasteiger partial charge in [0.1, 0.15) is 6.33 Å². The summed E-state index contributed by atoms with van der Waals surface area (Å²) >= 11 is 0. The van der Waals surface area contributed by atoms with Crippen molar-refractivity contribution in [2.45, 2.75) is 12.8 Å². The third kappa shape index (κ3) is 5.09. The second-order valence-electron chi connectivity index (χ2n) is 5.27. The number of nitrogens with zero attached hydrogens (tertiary/aromatic N) is 7. The van der Waals surface area contributed by atoms with Gasteiger partial charge in [-0.2, -0.15) is 10.5 Å². The lowest BCUT2D eigenvalue weighted by atomic mass is 10.2. The second kappa shape index (κ2) is 9.98. The van der Waals surface area contributed by atoms with Crippen LogP contribution in [-0.2, 0) is 0 Å². The zero-order valence-electron chi connectivity index (χ0n) is 14.6. The average molecular weight is 381 g/mol. The van der Waals surface area contributed by atoms with Crippen molar-refractivity contribution in [1.82, 2.24) is 20.4 Å². The number of nitro groups is 1. The Morgan fingerprint density at radius 1 is 1.18 bits per heavy atom. The minimum absolute atomic E-state index is 0.0499. The van der Waals surface area contributed by atoms with Crippen LogP contribution in [0.3, 0.4) is 0 Å². The van der Waals surface area contributed by atoms with Gasteiger partial charge < -0.3 is 4.90 Å². The molecule has 1 amide bonds. The maximum atomic E-state index is 12.1. The first kappa shape index (κ1) is 20.0. The van der Waals surface area contributed by atoms with Crippen LogP contribution in [0.25, 0.3) is 0 Å².